The summed E-state index contributed by atoms with van der Waals surface area (Å²) in [5.41, 5.74) is 0.678. The zero-order valence-corrected chi connectivity index (χ0v) is 10.9. The van der Waals surface area contributed by atoms with Crippen LogP contribution in [-0.2, 0) is 9.31 Å². The molecule has 0 bridgehead atoms. The van der Waals surface area contributed by atoms with Gasteiger partial charge in [-0.2, -0.15) is 0 Å². The molecule has 1 atom stereocenters. The fourth-order valence-electron chi connectivity index (χ4n) is 2.01. The molecule has 1 saturated heterocycles. The SMILES string of the molecule is CC1C=C(B2OC(C)(C)C(C)(C)O2)C=CC1. The van der Waals surface area contributed by atoms with E-state index in [9.17, 15) is 0 Å². The quantitative estimate of drug-likeness (QED) is 0.632. The minimum absolute atomic E-state index is 0.205. The van der Waals surface area contributed by atoms with Crippen molar-refractivity contribution in [2.45, 2.75) is 52.2 Å². The number of rotatable bonds is 1. The van der Waals surface area contributed by atoms with Gasteiger partial charge in [-0.3, -0.25) is 0 Å². The lowest BCUT2D eigenvalue weighted by atomic mass is 9.74. The Labute approximate surface area is 98.8 Å². The lowest BCUT2D eigenvalue weighted by Gasteiger charge is -2.32. The van der Waals surface area contributed by atoms with Gasteiger partial charge in [-0.1, -0.05) is 25.2 Å². The summed E-state index contributed by atoms with van der Waals surface area (Å²) in [4.78, 5) is 0. The maximum absolute atomic E-state index is 6.01. The first kappa shape index (κ1) is 11.9. The molecule has 1 heterocycles. The van der Waals surface area contributed by atoms with Crippen molar-refractivity contribution in [3.05, 3.63) is 23.7 Å². The molecule has 1 aliphatic carbocycles. The molecule has 1 fully saturated rings. The summed E-state index contributed by atoms with van der Waals surface area (Å²) in [7, 11) is -0.205. The molecule has 0 aromatic rings. The molecule has 1 aliphatic heterocycles. The largest absolute Gasteiger partial charge is 0.494 e. The predicted octanol–water partition coefficient (Wildman–Crippen LogP) is 3.14. The van der Waals surface area contributed by atoms with Gasteiger partial charge in [0, 0.05) is 0 Å². The van der Waals surface area contributed by atoms with Gasteiger partial charge in [0.2, 0.25) is 0 Å². The lowest BCUT2D eigenvalue weighted by molar-refractivity contribution is 0.00578. The zero-order chi connectivity index (χ0) is 12.0. The highest BCUT2D eigenvalue weighted by Crippen LogP contribution is 2.39. The van der Waals surface area contributed by atoms with Gasteiger partial charge in [-0.05, 0) is 45.5 Å². The van der Waals surface area contributed by atoms with E-state index >= 15 is 0 Å². The Bertz CT molecular complexity index is 326. The standard InChI is InChI=1S/C13H21BO2/c1-10-7-6-8-11(9-10)14-15-12(2,3)13(4,5)16-14/h6,8-10H,7H2,1-5H3. The summed E-state index contributed by atoms with van der Waals surface area (Å²) in [5, 5.41) is 0. The first-order valence-corrected chi connectivity index (χ1v) is 6.06. The summed E-state index contributed by atoms with van der Waals surface area (Å²) in [6.45, 7) is 10.6. The second-order valence-electron chi connectivity index (χ2n) is 5.87. The molecule has 88 valence electrons. The van der Waals surface area contributed by atoms with Crippen LogP contribution in [0.1, 0.15) is 41.0 Å². The third kappa shape index (κ3) is 1.98. The number of hydrogen-bond acceptors (Lipinski definition) is 2. The molecule has 0 spiro atoms. The average Bonchev–Trinajstić information content (AvgIpc) is 2.36. The summed E-state index contributed by atoms with van der Waals surface area (Å²) in [6.07, 6.45) is 7.69. The van der Waals surface area contributed by atoms with E-state index in [1.54, 1.807) is 0 Å². The van der Waals surface area contributed by atoms with Crippen molar-refractivity contribution in [1.82, 2.24) is 0 Å². The third-order valence-corrected chi connectivity index (χ3v) is 3.82. The fourth-order valence-corrected chi connectivity index (χ4v) is 2.01. The van der Waals surface area contributed by atoms with Crippen molar-refractivity contribution < 1.29 is 9.31 Å². The highest BCUT2D eigenvalue weighted by Gasteiger charge is 2.52. The third-order valence-electron chi connectivity index (χ3n) is 3.82. The van der Waals surface area contributed by atoms with E-state index in [2.05, 4.69) is 52.8 Å². The summed E-state index contributed by atoms with van der Waals surface area (Å²) >= 11 is 0. The Morgan fingerprint density at radius 1 is 1.19 bits per heavy atom. The van der Waals surface area contributed by atoms with Crippen LogP contribution in [0.2, 0.25) is 0 Å². The Hall–Kier alpha value is -0.535. The van der Waals surface area contributed by atoms with Crippen LogP contribution in [0, 0.1) is 5.92 Å². The second-order valence-corrected chi connectivity index (χ2v) is 5.87. The summed E-state index contributed by atoms with van der Waals surface area (Å²) < 4.78 is 12.0. The molecule has 16 heavy (non-hydrogen) atoms. The van der Waals surface area contributed by atoms with Crippen LogP contribution in [0.3, 0.4) is 0 Å². The van der Waals surface area contributed by atoms with Crippen molar-refractivity contribution in [3.63, 3.8) is 0 Å². The van der Waals surface area contributed by atoms with Crippen molar-refractivity contribution in [2.24, 2.45) is 5.92 Å². The van der Waals surface area contributed by atoms with Crippen molar-refractivity contribution in [1.29, 1.82) is 0 Å². The summed E-state index contributed by atoms with van der Waals surface area (Å²) in [5.74, 6) is 0.582. The van der Waals surface area contributed by atoms with Crippen LogP contribution < -0.4 is 0 Å². The molecule has 0 saturated carbocycles. The van der Waals surface area contributed by atoms with Gasteiger partial charge in [-0.15, -0.1) is 0 Å². The molecule has 1 unspecified atom stereocenters. The van der Waals surface area contributed by atoms with Crippen LogP contribution >= 0.6 is 0 Å². The van der Waals surface area contributed by atoms with Crippen LogP contribution in [0.4, 0.5) is 0 Å². The molecule has 0 radical (unpaired) electrons. The normalized spacial score (nSPS) is 31.7. The topological polar surface area (TPSA) is 18.5 Å². The first-order chi connectivity index (χ1) is 7.32. The van der Waals surface area contributed by atoms with Crippen LogP contribution in [0.15, 0.2) is 23.7 Å². The van der Waals surface area contributed by atoms with Gasteiger partial charge in [0.25, 0.3) is 0 Å². The Kier molecular flexibility index (Phi) is 2.79. The molecule has 0 N–H and O–H groups in total. The minimum atomic E-state index is -0.243. The molecule has 0 aromatic heterocycles. The Morgan fingerprint density at radius 2 is 1.75 bits per heavy atom. The number of allylic oxidation sites excluding steroid dienone is 4. The Balaban J connectivity index is 2.18. The van der Waals surface area contributed by atoms with E-state index in [0.29, 0.717) is 5.92 Å². The van der Waals surface area contributed by atoms with Gasteiger partial charge in [0.05, 0.1) is 11.2 Å². The van der Waals surface area contributed by atoms with Gasteiger partial charge >= 0.3 is 7.12 Å². The van der Waals surface area contributed by atoms with Crippen LogP contribution in [-0.4, -0.2) is 18.3 Å². The molecule has 2 nitrogen and oxygen atoms in total. The first-order valence-electron chi connectivity index (χ1n) is 6.06. The van der Waals surface area contributed by atoms with E-state index in [-0.39, 0.29) is 18.3 Å². The van der Waals surface area contributed by atoms with E-state index < -0.39 is 0 Å². The highest BCUT2D eigenvalue weighted by molar-refractivity contribution is 6.55. The smallest absolute Gasteiger partial charge is 0.399 e. The van der Waals surface area contributed by atoms with Gasteiger partial charge in [0.15, 0.2) is 0 Å². The molecule has 2 aliphatic rings. The minimum Gasteiger partial charge on any atom is -0.399 e. The Morgan fingerprint density at radius 3 is 2.25 bits per heavy atom. The highest BCUT2D eigenvalue weighted by atomic mass is 16.7. The molecular formula is C13H21BO2. The molecule has 0 aromatic carbocycles. The summed E-state index contributed by atoms with van der Waals surface area (Å²) in [6, 6.07) is 0. The van der Waals surface area contributed by atoms with Crippen molar-refractivity contribution in [2.75, 3.05) is 0 Å². The van der Waals surface area contributed by atoms with Crippen LogP contribution in [0.25, 0.3) is 0 Å². The monoisotopic (exact) mass is 220 g/mol. The van der Waals surface area contributed by atoms with Crippen LogP contribution in [0.5, 0.6) is 0 Å². The van der Waals surface area contributed by atoms with E-state index in [0.717, 1.165) is 11.9 Å². The molecular weight excluding hydrogens is 199 g/mol. The van der Waals surface area contributed by atoms with E-state index in [4.69, 9.17) is 9.31 Å². The fraction of sp³-hybridized carbons (Fsp3) is 0.692. The lowest BCUT2D eigenvalue weighted by Crippen LogP contribution is -2.41. The van der Waals surface area contributed by atoms with E-state index in [1.807, 2.05) is 0 Å². The predicted molar refractivity (Wildman–Crippen MR) is 67.1 cm³/mol. The zero-order valence-electron chi connectivity index (χ0n) is 10.9. The number of hydrogen-bond donors (Lipinski definition) is 0. The van der Waals surface area contributed by atoms with Crippen molar-refractivity contribution >= 4 is 7.12 Å². The van der Waals surface area contributed by atoms with Gasteiger partial charge < -0.3 is 9.31 Å². The molecule has 0 amide bonds. The molecule has 3 heteroatoms. The van der Waals surface area contributed by atoms with E-state index in [1.165, 1.54) is 0 Å². The van der Waals surface area contributed by atoms with Crippen molar-refractivity contribution in [3.8, 4) is 0 Å². The van der Waals surface area contributed by atoms with Gasteiger partial charge in [0.1, 0.15) is 0 Å². The maximum atomic E-state index is 6.01. The second kappa shape index (κ2) is 3.74. The van der Waals surface area contributed by atoms with Gasteiger partial charge in [-0.25, -0.2) is 0 Å². The maximum Gasteiger partial charge on any atom is 0.494 e. The molecule has 2 rings (SSSR count). The average molecular weight is 220 g/mol.